The van der Waals surface area contributed by atoms with Crippen molar-refractivity contribution >= 4 is 28.6 Å². The lowest BCUT2D eigenvalue weighted by Crippen LogP contribution is -2.56. The van der Waals surface area contributed by atoms with E-state index in [4.69, 9.17) is 19.3 Å². The van der Waals surface area contributed by atoms with Crippen molar-refractivity contribution in [2.75, 3.05) is 20.7 Å². The van der Waals surface area contributed by atoms with E-state index in [0.29, 0.717) is 35.8 Å². The van der Waals surface area contributed by atoms with E-state index in [1.165, 1.54) is 19.1 Å². The van der Waals surface area contributed by atoms with Crippen molar-refractivity contribution in [3.05, 3.63) is 54.7 Å². The molecular weight excluding hydrogens is 500 g/mol. The van der Waals surface area contributed by atoms with Crippen molar-refractivity contribution in [3.63, 3.8) is 0 Å². The van der Waals surface area contributed by atoms with Crippen LogP contribution in [0.1, 0.15) is 33.6 Å². The molecule has 1 fully saturated rings. The Kier molecular flexibility index (Phi) is 7.09. The molecule has 1 aromatic carbocycles. The van der Waals surface area contributed by atoms with Gasteiger partial charge in [0.15, 0.2) is 11.5 Å². The van der Waals surface area contributed by atoms with E-state index in [0.717, 1.165) is 16.1 Å². The van der Waals surface area contributed by atoms with Gasteiger partial charge in [0, 0.05) is 38.0 Å². The lowest BCUT2D eigenvalue weighted by atomic mass is 9.98. The molecule has 39 heavy (non-hydrogen) atoms. The van der Waals surface area contributed by atoms with Crippen LogP contribution in [0.25, 0.3) is 28.1 Å². The Balaban J connectivity index is 1.43. The first kappa shape index (κ1) is 26.4. The van der Waals surface area contributed by atoms with E-state index >= 15 is 0 Å². The fourth-order valence-electron chi connectivity index (χ4n) is 4.65. The highest BCUT2D eigenvalue weighted by molar-refractivity contribution is 5.87. The van der Waals surface area contributed by atoms with Crippen LogP contribution in [0.2, 0.25) is 0 Å². The first-order valence-corrected chi connectivity index (χ1v) is 12.8. The van der Waals surface area contributed by atoms with E-state index in [9.17, 15) is 9.59 Å². The molecule has 204 valence electrons. The van der Waals surface area contributed by atoms with Gasteiger partial charge in [-0.25, -0.2) is 14.8 Å². The number of para-hydroxylation sites is 1. The number of likely N-dealkylation sites (tertiary alicyclic amines) is 1. The van der Waals surface area contributed by atoms with E-state index in [1.807, 2.05) is 59.1 Å². The van der Waals surface area contributed by atoms with Gasteiger partial charge in [-0.2, -0.15) is 0 Å². The number of fused-ring (bicyclic) bond motifs is 2. The number of carbonyl (C=O) groups is 2. The van der Waals surface area contributed by atoms with Crippen molar-refractivity contribution in [2.45, 2.75) is 51.4 Å². The third-order valence-corrected chi connectivity index (χ3v) is 6.57. The van der Waals surface area contributed by atoms with E-state index in [2.05, 4.69) is 10.2 Å². The van der Waals surface area contributed by atoms with Crippen LogP contribution in [-0.4, -0.2) is 80.0 Å². The highest BCUT2D eigenvalue weighted by atomic mass is 16.7. The molecule has 0 spiro atoms. The largest absolute Gasteiger partial charge is 0.488 e. The molecular formula is C28H32N6O5. The topological polar surface area (TPSA) is 111 Å². The molecule has 2 atom stereocenters. The number of pyridine rings is 2. The van der Waals surface area contributed by atoms with Crippen molar-refractivity contribution in [2.24, 2.45) is 0 Å². The molecule has 0 saturated carbocycles. The monoisotopic (exact) mass is 532 g/mol. The normalized spacial score (nSPS) is 17.8. The zero-order chi connectivity index (χ0) is 27.7. The Morgan fingerprint density at radius 3 is 2.64 bits per heavy atom. The van der Waals surface area contributed by atoms with Crippen LogP contribution in [0.3, 0.4) is 0 Å². The lowest BCUT2D eigenvalue weighted by Gasteiger charge is -2.39. The molecule has 4 heterocycles. The zero-order valence-electron chi connectivity index (χ0n) is 22.7. The third kappa shape index (κ3) is 5.49. The van der Waals surface area contributed by atoms with Crippen molar-refractivity contribution in [3.8, 4) is 17.3 Å². The number of hydrogen-bond acceptors (Lipinski definition) is 8. The summed E-state index contributed by atoms with van der Waals surface area (Å²) in [7, 11) is 2.93. The maximum Gasteiger partial charge on any atom is 0.410 e. The van der Waals surface area contributed by atoms with Gasteiger partial charge in [-0.3, -0.25) is 18.9 Å². The molecule has 0 N–H and O–H groups in total. The highest BCUT2D eigenvalue weighted by Crippen LogP contribution is 2.31. The summed E-state index contributed by atoms with van der Waals surface area (Å²) in [5.41, 5.74) is 1.38. The quantitative estimate of drug-likeness (QED) is 0.353. The summed E-state index contributed by atoms with van der Waals surface area (Å²) in [6.45, 7) is 5.68. The van der Waals surface area contributed by atoms with Crippen LogP contribution >= 0.6 is 0 Å². The van der Waals surface area contributed by atoms with Crippen molar-refractivity contribution in [1.29, 1.82) is 0 Å². The molecule has 0 aliphatic carbocycles. The van der Waals surface area contributed by atoms with Gasteiger partial charge >= 0.3 is 6.09 Å². The Morgan fingerprint density at radius 2 is 1.87 bits per heavy atom. The maximum absolute atomic E-state index is 13.2. The van der Waals surface area contributed by atoms with Gasteiger partial charge in [-0.1, -0.05) is 24.3 Å². The van der Waals surface area contributed by atoms with Crippen LogP contribution < -0.4 is 4.74 Å². The molecule has 11 heteroatoms. The maximum atomic E-state index is 13.2. The predicted molar refractivity (Wildman–Crippen MR) is 144 cm³/mol. The second-order valence-electron chi connectivity index (χ2n) is 10.4. The molecule has 5 rings (SSSR count). The molecule has 1 saturated heterocycles. The van der Waals surface area contributed by atoms with Crippen LogP contribution in [-0.2, 0) is 14.4 Å². The zero-order valence-corrected chi connectivity index (χ0v) is 22.7. The predicted octanol–water partition coefficient (Wildman–Crippen LogP) is 4.11. The molecule has 0 bridgehead atoms. The number of nitrogens with zero attached hydrogens (tertiary/aromatic N) is 6. The van der Waals surface area contributed by atoms with Gasteiger partial charge in [0.25, 0.3) is 5.91 Å². The minimum Gasteiger partial charge on any atom is -0.488 e. The van der Waals surface area contributed by atoms with Crippen molar-refractivity contribution < 1.29 is 23.9 Å². The second kappa shape index (κ2) is 10.5. The number of hydrogen-bond donors (Lipinski definition) is 0. The van der Waals surface area contributed by atoms with E-state index in [1.54, 1.807) is 20.8 Å². The molecule has 2 unspecified atom stereocenters. The molecule has 1 aliphatic heterocycles. The minimum atomic E-state index is -0.801. The smallest absolute Gasteiger partial charge is 0.410 e. The molecule has 3 aromatic heterocycles. The number of benzene rings is 1. The SMILES string of the molecule is CON(C)C(=O)C1CC(Oc2cccc3ccc(-c4nnc5ccccn45)nc23)CCN1C(=O)OC(C)(C)C. The second-order valence-corrected chi connectivity index (χ2v) is 10.4. The summed E-state index contributed by atoms with van der Waals surface area (Å²) in [5, 5.41) is 10.6. The van der Waals surface area contributed by atoms with E-state index < -0.39 is 17.7 Å². The Morgan fingerprint density at radius 1 is 1.05 bits per heavy atom. The summed E-state index contributed by atoms with van der Waals surface area (Å²) >= 11 is 0. The number of likely N-dealkylation sites (N-methyl/N-ethyl adjacent to an activating group) is 1. The molecule has 11 nitrogen and oxygen atoms in total. The Bertz CT molecular complexity index is 1510. The van der Waals surface area contributed by atoms with Crippen LogP contribution in [0, 0.1) is 0 Å². The Labute approximate surface area is 226 Å². The van der Waals surface area contributed by atoms with Gasteiger partial charge in [0.05, 0.1) is 7.11 Å². The average molecular weight is 533 g/mol. The summed E-state index contributed by atoms with van der Waals surface area (Å²) < 4.78 is 13.9. The van der Waals surface area contributed by atoms with Crippen LogP contribution in [0.15, 0.2) is 54.7 Å². The van der Waals surface area contributed by atoms with Crippen LogP contribution in [0.5, 0.6) is 5.75 Å². The fourth-order valence-corrected chi connectivity index (χ4v) is 4.65. The van der Waals surface area contributed by atoms with E-state index in [-0.39, 0.29) is 18.4 Å². The summed E-state index contributed by atoms with van der Waals surface area (Å²) in [6, 6.07) is 14.5. The molecule has 0 radical (unpaired) electrons. The highest BCUT2D eigenvalue weighted by Gasteiger charge is 2.40. The molecule has 1 aliphatic rings. The number of aromatic nitrogens is 4. The minimum absolute atomic E-state index is 0.274. The number of amides is 2. The first-order valence-electron chi connectivity index (χ1n) is 12.8. The van der Waals surface area contributed by atoms with Gasteiger partial charge in [-0.15, -0.1) is 10.2 Å². The standard InChI is InChI=1S/C28H32N6O5/c1-28(2,3)39-27(36)33-16-14-19(17-21(33)26(35)32(4)37-5)38-22-10-8-9-18-12-13-20(29-24(18)22)25-31-30-23-11-6-7-15-34(23)25/h6-13,15,19,21H,14,16-17H2,1-5H3. The van der Waals surface area contributed by atoms with Crippen molar-refractivity contribution in [1.82, 2.24) is 29.5 Å². The number of carbonyl (C=O) groups excluding carboxylic acids is 2. The lowest BCUT2D eigenvalue weighted by molar-refractivity contribution is -0.176. The van der Waals surface area contributed by atoms with Crippen LogP contribution in [0.4, 0.5) is 4.79 Å². The molecule has 2 amide bonds. The third-order valence-electron chi connectivity index (χ3n) is 6.57. The van der Waals surface area contributed by atoms with Gasteiger partial charge in [0.2, 0.25) is 0 Å². The fraction of sp³-hybridized carbons (Fsp3) is 0.393. The summed E-state index contributed by atoms with van der Waals surface area (Å²) in [6.07, 6.45) is 1.81. The first-order chi connectivity index (χ1) is 18.6. The summed E-state index contributed by atoms with van der Waals surface area (Å²) in [5.74, 6) is 0.861. The summed E-state index contributed by atoms with van der Waals surface area (Å²) in [4.78, 5) is 37.6. The van der Waals surface area contributed by atoms with Gasteiger partial charge in [0.1, 0.15) is 34.7 Å². The number of hydroxylamine groups is 2. The molecule has 4 aromatic rings. The number of piperidine rings is 1. The number of rotatable bonds is 5. The average Bonchev–Trinajstić information content (AvgIpc) is 3.35. The van der Waals surface area contributed by atoms with Gasteiger partial charge < -0.3 is 9.47 Å². The Hall–Kier alpha value is -4.25. The number of ether oxygens (including phenoxy) is 2. The van der Waals surface area contributed by atoms with Gasteiger partial charge in [-0.05, 0) is 45.0 Å².